The Morgan fingerprint density at radius 3 is 2.59 bits per heavy atom. The van der Waals surface area contributed by atoms with Crippen molar-refractivity contribution in [1.82, 2.24) is 4.98 Å². The number of thiazole rings is 1. The van der Waals surface area contributed by atoms with Crippen molar-refractivity contribution in [2.45, 2.75) is 0 Å². The summed E-state index contributed by atoms with van der Waals surface area (Å²) in [6, 6.07) is 21.0. The van der Waals surface area contributed by atoms with Crippen molar-refractivity contribution in [1.29, 1.82) is 0 Å². The van der Waals surface area contributed by atoms with Crippen LogP contribution < -0.4 is 10.6 Å². The SMILES string of the molecule is O=C(Nc1cccc(-c2csc(Nc3cccc(F)c3)n2)c1)c1ccccc1Br. The average molecular weight is 468 g/mol. The first kappa shape index (κ1) is 19.3. The Morgan fingerprint density at radius 1 is 0.966 bits per heavy atom. The molecule has 0 bridgehead atoms. The lowest BCUT2D eigenvalue weighted by Gasteiger charge is -2.08. The summed E-state index contributed by atoms with van der Waals surface area (Å²) in [7, 11) is 0. The van der Waals surface area contributed by atoms with Crippen molar-refractivity contribution in [3.8, 4) is 11.3 Å². The van der Waals surface area contributed by atoms with Crippen molar-refractivity contribution < 1.29 is 9.18 Å². The van der Waals surface area contributed by atoms with Crippen LogP contribution in [0.2, 0.25) is 0 Å². The predicted molar refractivity (Wildman–Crippen MR) is 119 cm³/mol. The van der Waals surface area contributed by atoms with Crippen molar-refractivity contribution in [3.63, 3.8) is 0 Å². The van der Waals surface area contributed by atoms with Crippen LogP contribution in [-0.2, 0) is 0 Å². The molecule has 0 saturated heterocycles. The van der Waals surface area contributed by atoms with Crippen LogP contribution in [0.5, 0.6) is 0 Å². The predicted octanol–water partition coefficient (Wildman–Crippen LogP) is 6.71. The zero-order valence-corrected chi connectivity index (χ0v) is 17.4. The first-order valence-corrected chi connectivity index (χ1v) is 10.4. The lowest BCUT2D eigenvalue weighted by Crippen LogP contribution is -2.12. The summed E-state index contributed by atoms with van der Waals surface area (Å²) in [6.45, 7) is 0. The zero-order chi connectivity index (χ0) is 20.2. The second-order valence-electron chi connectivity index (χ2n) is 6.19. The first-order valence-electron chi connectivity index (χ1n) is 8.73. The normalized spacial score (nSPS) is 10.6. The maximum atomic E-state index is 13.3. The van der Waals surface area contributed by atoms with Gasteiger partial charge in [0.15, 0.2) is 5.13 Å². The summed E-state index contributed by atoms with van der Waals surface area (Å²) in [5, 5.41) is 8.59. The summed E-state index contributed by atoms with van der Waals surface area (Å²) in [4.78, 5) is 17.1. The molecule has 0 aliphatic rings. The third-order valence-corrected chi connectivity index (χ3v) is 5.56. The van der Waals surface area contributed by atoms with Gasteiger partial charge in [-0.15, -0.1) is 11.3 Å². The van der Waals surface area contributed by atoms with E-state index in [1.807, 2.05) is 47.8 Å². The zero-order valence-electron chi connectivity index (χ0n) is 15.0. The first-order chi connectivity index (χ1) is 14.1. The van der Waals surface area contributed by atoms with Gasteiger partial charge in [-0.1, -0.05) is 30.3 Å². The molecule has 144 valence electrons. The van der Waals surface area contributed by atoms with E-state index in [0.29, 0.717) is 22.1 Å². The number of aromatic nitrogens is 1. The van der Waals surface area contributed by atoms with Gasteiger partial charge >= 0.3 is 0 Å². The molecule has 0 atom stereocenters. The van der Waals surface area contributed by atoms with Crippen LogP contribution >= 0.6 is 27.3 Å². The van der Waals surface area contributed by atoms with Crippen molar-refractivity contribution in [2.75, 3.05) is 10.6 Å². The van der Waals surface area contributed by atoms with Gasteiger partial charge in [-0.05, 0) is 58.4 Å². The fraction of sp³-hybridized carbons (Fsp3) is 0. The van der Waals surface area contributed by atoms with E-state index in [1.54, 1.807) is 18.2 Å². The highest BCUT2D eigenvalue weighted by Crippen LogP contribution is 2.29. The van der Waals surface area contributed by atoms with E-state index in [-0.39, 0.29) is 11.7 Å². The number of carbonyl (C=O) groups is 1. The third kappa shape index (κ3) is 4.70. The molecular formula is C22H15BrFN3OS. The van der Waals surface area contributed by atoms with Gasteiger partial charge in [0.1, 0.15) is 5.82 Å². The number of halogens is 2. The standard InChI is InChI=1S/C22H15BrFN3OS/c23-19-10-2-1-9-18(19)21(28)25-16-7-3-5-14(11-16)20-13-29-22(27-20)26-17-8-4-6-15(24)12-17/h1-13H,(H,25,28)(H,26,27). The van der Waals surface area contributed by atoms with E-state index in [9.17, 15) is 9.18 Å². The molecule has 4 aromatic rings. The van der Waals surface area contributed by atoms with Crippen molar-refractivity contribution in [2.24, 2.45) is 0 Å². The Balaban J connectivity index is 1.51. The molecule has 0 saturated carbocycles. The number of carbonyl (C=O) groups excluding carboxylic acids is 1. The molecule has 0 radical (unpaired) electrons. The number of nitrogens with one attached hydrogen (secondary N) is 2. The molecular weight excluding hydrogens is 453 g/mol. The lowest BCUT2D eigenvalue weighted by atomic mass is 10.1. The molecule has 4 rings (SSSR count). The topological polar surface area (TPSA) is 54.0 Å². The molecule has 2 N–H and O–H groups in total. The third-order valence-electron chi connectivity index (χ3n) is 4.11. The van der Waals surface area contributed by atoms with Crippen LogP contribution in [0.25, 0.3) is 11.3 Å². The van der Waals surface area contributed by atoms with Gasteiger partial charge in [-0.3, -0.25) is 4.79 Å². The highest BCUT2D eigenvalue weighted by atomic mass is 79.9. The van der Waals surface area contributed by atoms with Crippen LogP contribution in [0, 0.1) is 5.82 Å². The van der Waals surface area contributed by atoms with Gasteiger partial charge < -0.3 is 10.6 Å². The fourth-order valence-electron chi connectivity index (χ4n) is 2.75. The van der Waals surface area contributed by atoms with Crippen molar-refractivity contribution in [3.05, 3.63) is 94.0 Å². The quantitative estimate of drug-likeness (QED) is 0.343. The number of rotatable bonds is 5. The van der Waals surface area contributed by atoms with Crippen molar-refractivity contribution >= 4 is 49.7 Å². The molecule has 7 heteroatoms. The molecule has 0 spiro atoms. The van der Waals surface area contributed by atoms with E-state index < -0.39 is 0 Å². The van der Waals surface area contributed by atoms with Gasteiger partial charge in [0, 0.05) is 26.8 Å². The molecule has 0 unspecified atom stereocenters. The largest absolute Gasteiger partial charge is 0.331 e. The summed E-state index contributed by atoms with van der Waals surface area (Å²) >= 11 is 4.82. The van der Waals surface area contributed by atoms with E-state index in [1.165, 1.54) is 23.5 Å². The molecule has 1 amide bonds. The lowest BCUT2D eigenvalue weighted by molar-refractivity contribution is 0.102. The Morgan fingerprint density at radius 2 is 1.76 bits per heavy atom. The number of hydrogen-bond acceptors (Lipinski definition) is 4. The molecule has 0 aliphatic carbocycles. The number of amides is 1. The second-order valence-corrected chi connectivity index (χ2v) is 7.90. The highest BCUT2D eigenvalue weighted by molar-refractivity contribution is 9.10. The smallest absolute Gasteiger partial charge is 0.256 e. The van der Waals surface area contributed by atoms with E-state index in [4.69, 9.17) is 0 Å². The fourth-order valence-corrected chi connectivity index (χ4v) is 3.96. The Kier molecular flexibility index (Phi) is 5.69. The number of nitrogens with zero attached hydrogens (tertiary/aromatic N) is 1. The van der Waals surface area contributed by atoms with Crippen LogP contribution in [0.1, 0.15) is 10.4 Å². The van der Waals surface area contributed by atoms with Gasteiger partial charge in [-0.25, -0.2) is 9.37 Å². The average Bonchev–Trinajstić information content (AvgIpc) is 3.17. The van der Waals surface area contributed by atoms with Crippen LogP contribution in [-0.4, -0.2) is 10.9 Å². The summed E-state index contributed by atoms with van der Waals surface area (Å²) < 4.78 is 14.1. The van der Waals surface area contributed by atoms with Crippen LogP contribution in [0.3, 0.4) is 0 Å². The van der Waals surface area contributed by atoms with E-state index >= 15 is 0 Å². The Labute approximate surface area is 179 Å². The number of anilines is 3. The second kappa shape index (κ2) is 8.55. The number of hydrogen-bond donors (Lipinski definition) is 2. The molecule has 3 aromatic carbocycles. The molecule has 1 heterocycles. The monoisotopic (exact) mass is 467 g/mol. The van der Waals surface area contributed by atoms with E-state index in [0.717, 1.165) is 15.7 Å². The molecule has 0 aliphatic heterocycles. The maximum absolute atomic E-state index is 13.3. The molecule has 4 nitrogen and oxygen atoms in total. The van der Waals surface area contributed by atoms with Gasteiger partial charge in [0.05, 0.1) is 11.3 Å². The summed E-state index contributed by atoms with van der Waals surface area (Å²) in [5.74, 6) is -0.498. The minimum absolute atomic E-state index is 0.193. The number of benzene rings is 3. The van der Waals surface area contributed by atoms with Crippen LogP contribution in [0.4, 0.5) is 20.9 Å². The Hall–Kier alpha value is -3.03. The van der Waals surface area contributed by atoms with Gasteiger partial charge in [-0.2, -0.15) is 0 Å². The Bertz CT molecular complexity index is 1180. The molecule has 0 fully saturated rings. The summed E-state index contributed by atoms with van der Waals surface area (Å²) in [6.07, 6.45) is 0. The van der Waals surface area contributed by atoms with Gasteiger partial charge in [0.2, 0.25) is 0 Å². The minimum Gasteiger partial charge on any atom is -0.331 e. The maximum Gasteiger partial charge on any atom is 0.256 e. The van der Waals surface area contributed by atoms with Gasteiger partial charge in [0.25, 0.3) is 5.91 Å². The van der Waals surface area contributed by atoms with Crippen LogP contribution in [0.15, 0.2) is 82.6 Å². The minimum atomic E-state index is -0.305. The molecule has 29 heavy (non-hydrogen) atoms. The highest BCUT2D eigenvalue weighted by Gasteiger charge is 2.11. The summed E-state index contributed by atoms with van der Waals surface area (Å²) in [5.41, 5.74) is 3.52. The molecule has 1 aromatic heterocycles. The van der Waals surface area contributed by atoms with E-state index in [2.05, 4.69) is 31.5 Å².